The Morgan fingerprint density at radius 3 is 2.42 bits per heavy atom. The summed E-state index contributed by atoms with van der Waals surface area (Å²) in [6.45, 7) is 11.0. The number of β-amino-alcohol motifs (C(OH)–C–C–N with tert-alkyl or cyclic N) is 1. The maximum absolute atomic E-state index is 14.4. The Morgan fingerprint density at radius 2 is 1.89 bits per heavy atom. The van der Waals surface area contributed by atoms with Crippen molar-refractivity contribution < 1.29 is 23.9 Å². The maximum Gasteiger partial charge on any atom is 0.258 e. The van der Waals surface area contributed by atoms with Crippen molar-refractivity contribution in [2.75, 3.05) is 6.54 Å². The summed E-state index contributed by atoms with van der Waals surface area (Å²) in [4.78, 5) is 46.1. The summed E-state index contributed by atoms with van der Waals surface area (Å²) in [5.41, 5.74) is 1.91. The summed E-state index contributed by atoms with van der Waals surface area (Å²) in [6, 6.07) is 5.21. The van der Waals surface area contributed by atoms with Gasteiger partial charge in [-0.15, -0.1) is 17.9 Å². The number of nitrogens with zero attached hydrogens (tertiary/aromatic N) is 2. The van der Waals surface area contributed by atoms with Gasteiger partial charge in [-0.05, 0) is 36.3 Å². The monoisotopic (exact) mass is 542 g/mol. The van der Waals surface area contributed by atoms with Gasteiger partial charge in [0.15, 0.2) is 5.67 Å². The van der Waals surface area contributed by atoms with Crippen LogP contribution >= 0.6 is 11.3 Å². The lowest BCUT2D eigenvalue weighted by molar-refractivity contribution is -0.145. The molecule has 1 saturated carbocycles. The molecule has 2 fully saturated rings. The summed E-state index contributed by atoms with van der Waals surface area (Å²) >= 11 is 1.56. The Hall–Kier alpha value is -3.11. The lowest BCUT2D eigenvalue weighted by Crippen LogP contribution is -2.59. The van der Waals surface area contributed by atoms with Crippen LogP contribution in [0.5, 0.6) is 0 Å². The highest BCUT2D eigenvalue weighted by atomic mass is 32.1. The standard InChI is InChI=1S/C28H35FN4O4S/c1-6-20(17-7-9-18(10-8-17)22-16(2)30-15-38-22)31-24(35)21-13-19(34)14-33(21)25(36)23(27(3,4)5)32-26(37)28(29)11-12-28/h6-10,15,19-21,23,34H,1,11-14H2,2-5H3,(H,31,35)(H,32,37)/t19-,20+,21+,23-/m1/s1. The van der Waals surface area contributed by atoms with Crippen molar-refractivity contribution in [2.45, 2.75) is 76.9 Å². The molecule has 4 atom stereocenters. The highest BCUT2D eigenvalue weighted by Gasteiger charge is 2.53. The molecule has 4 rings (SSSR count). The van der Waals surface area contributed by atoms with Crippen molar-refractivity contribution >= 4 is 29.1 Å². The highest BCUT2D eigenvalue weighted by Crippen LogP contribution is 2.40. The fourth-order valence-corrected chi connectivity index (χ4v) is 5.48. The lowest BCUT2D eigenvalue weighted by atomic mass is 9.85. The second-order valence-electron chi connectivity index (χ2n) is 11.2. The van der Waals surface area contributed by atoms with E-state index in [-0.39, 0.29) is 25.8 Å². The van der Waals surface area contributed by atoms with Gasteiger partial charge in [-0.25, -0.2) is 9.37 Å². The van der Waals surface area contributed by atoms with E-state index in [9.17, 15) is 23.9 Å². The number of benzene rings is 1. The molecule has 1 aromatic carbocycles. The third-order valence-electron chi connectivity index (χ3n) is 7.16. The molecular weight excluding hydrogens is 507 g/mol. The molecule has 0 bridgehead atoms. The first-order chi connectivity index (χ1) is 17.8. The van der Waals surface area contributed by atoms with Crippen LogP contribution in [0.15, 0.2) is 42.4 Å². The van der Waals surface area contributed by atoms with Crippen LogP contribution in [0.1, 0.15) is 57.3 Å². The number of carbonyl (C=O) groups excluding carboxylic acids is 3. The zero-order valence-electron chi connectivity index (χ0n) is 22.2. The number of alkyl halides is 1. The van der Waals surface area contributed by atoms with Gasteiger partial charge in [-0.2, -0.15) is 0 Å². The van der Waals surface area contributed by atoms with E-state index in [2.05, 4.69) is 22.2 Å². The predicted molar refractivity (Wildman–Crippen MR) is 144 cm³/mol. The van der Waals surface area contributed by atoms with Crippen LogP contribution in [0, 0.1) is 12.3 Å². The van der Waals surface area contributed by atoms with Crippen molar-refractivity contribution in [3.8, 4) is 10.4 Å². The molecule has 1 saturated heterocycles. The van der Waals surface area contributed by atoms with Crippen LogP contribution in [-0.4, -0.2) is 63.1 Å². The minimum atomic E-state index is -1.93. The van der Waals surface area contributed by atoms with Gasteiger partial charge in [0.1, 0.15) is 12.1 Å². The quantitative estimate of drug-likeness (QED) is 0.443. The number of amides is 3. The number of nitrogens with one attached hydrogen (secondary N) is 2. The Morgan fingerprint density at radius 1 is 1.24 bits per heavy atom. The number of hydrogen-bond donors (Lipinski definition) is 3. The summed E-state index contributed by atoms with van der Waals surface area (Å²) in [5.74, 6) is -1.77. The summed E-state index contributed by atoms with van der Waals surface area (Å²) < 4.78 is 14.4. The SMILES string of the molecule is C=C[C@H](NC(=O)[C@@H]1C[C@@H](O)CN1C(=O)[C@@H](NC(=O)C1(F)CC1)C(C)(C)C)c1ccc(-c2scnc2C)cc1. The van der Waals surface area contributed by atoms with Gasteiger partial charge in [0.2, 0.25) is 11.8 Å². The van der Waals surface area contributed by atoms with Gasteiger partial charge in [-0.3, -0.25) is 14.4 Å². The number of hydrogen-bond acceptors (Lipinski definition) is 6. The number of aromatic nitrogens is 1. The van der Waals surface area contributed by atoms with E-state index in [1.165, 1.54) is 4.90 Å². The van der Waals surface area contributed by atoms with E-state index < -0.39 is 53.0 Å². The smallest absolute Gasteiger partial charge is 0.258 e. The van der Waals surface area contributed by atoms with E-state index >= 15 is 0 Å². The number of aliphatic hydroxyl groups is 1. The molecule has 2 heterocycles. The fraction of sp³-hybridized carbons (Fsp3) is 0.500. The second kappa shape index (κ2) is 10.6. The second-order valence-corrected chi connectivity index (χ2v) is 12.1. The highest BCUT2D eigenvalue weighted by molar-refractivity contribution is 7.13. The van der Waals surface area contributed by atoms with E-state index in [0.29, 0.717) is 0 Å². The minimum absolute atomic E-state index is 0.0538. The molecule has 2 aliphatic rings. The largest absolute Gasteiger partial charge is 0.391 e. The summed E-state index contributed by atoms with van der Waals surface area (Å²) in [6.07, 6.45) is 1.03. The number of thiazole rings is 1. The molecule has 0 unspecified atom stereocenters. The average Bonchev–Trinajstić information content (AvgIpc) is 3.28. The van der Waals surface area contributed by atoms with Crippen LogP contribution in [-0.2, 0) is 14.4 Å². The molecule has 3 N–H and O–H groups in total. The fourth-order valence-electron chi connectivity index (χ4n) is 4.67. The first-order valence-electron chi connectivity index (χ1n) is 12.8. The van der Waals surface area contributed by atoms with Crippen LogP contribution in [0.2, 0.25) is 0 Å². The van der Waals surface area contributed by atoms with Gasteiger partial charge in [0.05, 0.1) is 28.2 Å². The molecule has 38 heavy (non-hydrogen) atoms. The van der Waals surface area contributed by atoms with Gasteiger partial charge < -0.3 is 20.6 Å². The van der Waals surface area contributed by atoms with Crippen molar-refractivity contribution in [3.05, 3.63) is 53.7 Å². The van der Waals surface area contributed by atoms with Crippen molar-refractivity contribution in [1.82, 2.24) is 20.5 Å². The Labute approximate surface area is 226 Å². The third-order valence-corrected chi connectivity index (χ3v) is 8.14. The number of rotatable bonds is 8. The first kappa shape index (κ1) is 27.9. The third kappa shape index (κ3) is 5.81. The molecule has 1 aliphatic carbocycles. The number of halogens is 1. The van der Waals surface area contributed by atoms with Crippen LogP contribution in [0.3, 0.4) is 0 Å². The van der Waals surface area contributed by atoms with Crippen LogP contribution in [0.4, 0.5) is 4.39 Å². The minimum Gasteiger partial charge on any atom is -0.391 e. The number of aliphatic hydroxyl groups excluding tert-OH is 1. The number of aryl methyl sites for hydroxylation is 1. The van der Waals surface area contributed by atoms with Crippen LogP contribution in [0.25, 0.3) is 10.4 Å². The molecule has 1 aliphatic heterocycles. The number of carbonyl (C=O) groups is 3. The molecule has 3 amide bonds. The van der Waals surface area contributed by atoms with Gasteiger partial charge in [-0.1, -0.05) is 51.1 Å². The van der Waals surface area contributed by atoms with E-state index in [0.717, 1.165) is 21.7 Å². The normalized spacial score (nSPS) is 21.9. The molecule has 0 spiro atoms. The molecule has 8 nitrogen and oxygen atoms in total. The average molecular weight is 543 g/mol. The zero-order chi connectivity index (χ0) is 27.8. The Kier molecular flexibility index (Phi) is 7.76. The number of likely N-dealkylation sites (tertiary alicyclic amines) is 1. The van der Waals surface area contributed by atoms with Crippen molar-refractivity contribution in [2.24, 2.45) is 5.41 Å². The van der Waals surface area contributed by atoms with E-state index in [1.54, 1.807) is 43.7 Å². The molecule has 0 radical (unpaired) electrons. The molecule has 204 valence electrons. The van der Waals surface area contributed by atoms with Gasteiger partial charge in [0.25, 0.3) is 5.91 Å². The van der Waals surface area contributed by atoms with E-state index in [1.807, 2.05) is 31.2 Å². The molecule has 2 aromatic rings. The summed E-state index contributed by atoms with van der Waals surface area (Å²) in [7, 11) is 0. The predicted octanol–water partition coefficient (Wildman–Crippen LogP) is 3.46. The molecule has 1 aromatic heterocycles. The topological polar surface area (TPSA) is 112 Å². The van der Waals surface area contributed by atoms with Gasteiger partial charge >= 0.3 is 0 Å². The molecular formula is C28H35FN4O4S. The first-order valence-corrected chi connectivity index (χ1v) is 13.6. The van der Waals surface area contributed by atoms with E-state index in [4.69, 9.17) is 0 Å². The van der Waals surface area contributed by atoms with Crippen molar-refractivity contribution in [3.63, 3.8) is 0 Å². The summed E-state index contributed by atoms with van der Waals surface area (Å²) in [5, 5.41) is 15.9. The Bertz CT molecular complexity index is 1220. The zero-order valence-corrected chi connectivity index (χ0v) is 23.0. The van der Waals surface area contributed by atoms with Crippen molar-refractivity contribution in [1.29, 1.82) is 0 Å². The van der Waals surface area contributed by atoms with Crippen LogP contribution < -0.4 is 10.6 Å². The van der Waals surface area contributed by atoms with Gasteiger partial charge in [0, 0.05) is 13.0 Å². The maximum atomic E-state index is 14.4. The molecule has 10 heteroatoms. The lowest BCUT2D eigenvalue weighted by Gasteiger charge is -2.35. The Balaban J connectivity index is 1.49.